The van der Waals surface area contributed by atoms with Crippen molar-refractivity contribution in [2.45, 2.75) is 38.2 Å². The molecule has 1 saturated carbocycles. The van der Waals surface area contributed by atoms with Crippen LogP contribution in [0.5, 0.6) is 0 Å². The van der Waals surface area contributed by atoms with E-state index in [-0.39, 0.29) is 12.5 Å². The van der Waals surface area contributed by atoms with Crippen LogP contribution in [-0.2, 0) is 24.3 Å². The van der Waals surface area contributed by atoms with E-state index in [0.29, 0.717) is 32.0 Å². The van der Waals surface area contributed by atoms with Crippen LogP contribution in [-0.4, -0.2) is 79.8 Å². The number of carboxylic acids is 1. The first-order chi connectivity index (χ1) is 11.3. The molecule has 24 heavy (non-hydrogen) atoms. The summed E-state index contributed by atoms with van der Waals surface area (Å²) in [6.07, 6.45) is 5.57. The van der Waals surface area contributed by atoms with Crippen LogP contribution in [0.3, 0.4) is 0 Å². The Kier molecular flexibility index (Phi) is 6.59. The van der Waals surface area contributed by atoms with Gasteiger partial charge in [0.15, 0.2) is 0 Å². The number of aliphatic carboxylic acids is 1. The minimum Gasteiger partial charge on any atom is -0.480 e. The van der Waals surface area contributed by atoms with Gasteiger partial charge in [-0.2, -0.15) is 4.31 Å². The van der Waals surface area contributed by atoms with Crippen LogP contribution in [0, 0.1) is 5.92 Å². The molecular formula is C15H26N2O6S. The third kappa shape index (κ3) is 5.71. The molecule has 1 saturated heterocycles. The van der Waals surface area contributed by atoms with Crippen LogP contribution >= 0.6 is 0 Å². The van der Waals surface area contributed by atoms with Crippen molar-refractivity contribution < 1.29 is 27.9 Å². The Hall–Kier alpha value is -1.19. The zero-order valence-corrected chi connectivity index (χ0v) is 14.8. The maximum Gasteiger partial charge on any atom is 0.318 e. The van der Waals surface area contributed by atoms with E-state index < -0.39 is 28.6 Å². The van der Waals surface area contributed by atoms with Gasteiger partial charge in [0.05, 0.1) is 19.0 Å². The smallest absolute Gasteiger partial charge is 0.318 e. The van der Waals surface area contributed by atoms with Crippen LogP contribution in [0.2, 0.25) is 0 Å². The minimum atomic E-state index is -3.65. The highest BCUT2D eigenvalue weighted by atomic mass is 32.2. The second-order valence-corrected chi connectivity index (χ2v) is 8.60. The lowest BCUT2D eigenvalue weighted by Gasteiger charge is -2.35. The molecule has 1 N–H and O–H groups in total. The van der Waals surface area contributed by atoms with Gasteiger partial charge in [0.1, 0.15) is 6.54 Å². The minimum absolute atomic E-state index is 0.0580. The van der Waals surface area contributed by atoms with Gasteiger partial charge in [-0.15, -0.1) is 0 Å². The van der Waals surface area contributed by atoms with Gasteiger partial charge < -0.3 is 14.7 Å². The van der Waals surface area contributed by atoms with Crippen LogP contribution < -0.4 is 0 Å². The number of carbonyl (C=O) groups excluding carboxylic acids is 1. The summed E-state index contributed by atoms with van der Waals surface area (Å²) in [5, 5.41) is 8.86. The van der Waals surface area contributed by atoms with Crippen LogP contribution in [0.25, 0.3) is 0 Å². The molecule has 8 nitrogen and oxygen atoms in total. The normalized spacial score (nSPS) is 22.4. The highest BCUT2D eigenvalue weighted by Gasteiger charge is 2.30. The topological polar surface area (TPSA) is 104 Å². The highest BCUT2D eigenvalue weighted by Crippen LogP contribution is 2.30. The van der Waals surface area contributed by atoms with E-state index in [1.165, 1.54) is 19.3 Å². The average molecular weight is 362 g/mol. The molecule has 0 aromatic heterocycles. The fourth-order valence-corrected chi connectivity index (χ4v) is 3.80. The van der Waals surface area contributed by atoms with Crippen molar-refractivity contribution in [2.24, 2.45) is 5.92 Å². The van der Waals surface area contributed by atoms with E-state index in [1.54, 1.807) is 4.90 Å². The van der Waals surface area contributed by atoms with E-state index in [4.69, 9.17) is 9.84 Å². The Labute approximate surface area is 142 Å². The summed E-state index contributed by atoms with van der Waals surface area (Å²) in [6.45, 7) is 0.476. The van der Waals surface area contributed by atoms with Crippen molar-refractivity contribution in [1.29, 1.82) is 0 Å². The van der Waals surface area contributed by atoms with Crippen molar-refractivity contribution in [3.05, 3.63) is 0 Å². The third-order valence-corrected chi connectivity index (χ3v) is 5.89. The molecule has 138 valence electrons. The Balaban J connectivity index is 1.86. The standard InChI is InChI=1S/C15H26N2O6S/c1-24(21,22)17(11-15(19)20)10-13-9-16(7-8-23-13)14(18)6-5-12-3-2-4-12/h12-13H,2-11H2,1H3,(H,19,20). The molecule has 2 aliphatic rings. The van der Waals surface area contributed by atoms with E-state index in [0.717, 1.165) is 17.0 Å². The summed E-state index contributed by atoms with van der Waals surface area (Å²) in [7, 11) is -3.65. The first-order valence-corrected chi connectivity index (χ1v) is 10.2. The number of morpholine rings is 1. The summed E-state index contributed by atoms with van der Waals surface area (Å²) >= 11 is 0. The number of carboxylic acid groups (broad SMARTS) is 1. The van der Waals surface area contributed by atoms with Gasteiger partial charge in [0.2, 0.25) is 15.9 Å². The molecule has 1 unspecified atom stereocenters. The first-order valence-electron chi connectivity index (χ1n) is 8.32. The second kappa shape index (κ2) is 8.26. The van der Waals surface area contributed by atoms with E-state index in [1.807, 2.05) is 0 Å². The van der Waals surface area contributed by atoms with Crippen molar-refractivity contribution in [1.82, 2.24) is 9.21 Å². The number of hydrogen-bond acceptors (Lipinski definition) is 5. The van der Waals surface area contributed by atoms with Gasteiger partial charge in [-0.1, -0.05) is 19.3 Å². The molecule has 0 aromatic carbocycles. The average Bonchev–Trinajstić information content (AvgIpc) is 2.43. The van der Waals surface area contributed by atoms with E-state index in [2.05, 4.69) is 0 Å². The van der Waals surface area contributed by atoms with Gasteiger partial charge >= 0.3 is 5.97 Å². The summed E-state index contributed by atoms with van der Waals surface area (Å²) in [6, 6.07) is 0. The van der Waals surface area contributed by atoms with Crippen molar-refractivity contribution >= 4 is 21.9 Å². The molecule has 1 atom stereocenters. The lowest BCUT2D eigenvalue weighted by Crippen LogP contribution is -2.51. The molecular weight excluding hydrogens is 336 g/mol. The van der Waals surface area contributed by atoms with Gasteiger partial charge in [0, 0.05) is 26.1 Å². The Morgan fingerprint density at radius 2 is 2.04 bits per heavy atom. The van der Waals surface area contributed by atoms with Crippen LogP contribution in [0.1, 0.15) is 32.1 Å². The lowest BCUT2D eigenvalue weighted by molar-refractivity contribution is -0.141. The summed E-state index contributed by atoms with van der Waals surface area (Å²) in [5.41, 5.74) is 0. The molecule has 1 aliphatic heterocycles. The number of sulfonamides is 1. The second-order valence-electron chi connectivity index (χ2n) is 6.62. The Morgan fingerprint density at radius 1 is 1.33 bits per heavy atom. The van der Waals surface area contributed by atoms with E-state index in [9.17, 15) is 18.0 Å². The lowest BCUT2D eigenvalue weighted by atomic mass is 9.82. The number of ether oxygens (including phenoxy) is 1. The molecule has 0 spiro atoms. The van der Waals surface area contributed by atoms with Crippen molar-refractivity contribution in [3.8, 4) is 0 Å². The fraction of sp³-hybridized carbons (Fsp3) is 0.867. The van der Waals surface area contributed by atoms with Crippen molar-refractivity contribution in [3.63, 3.8) is 0 Å². The quantitative estimate of drug-likeness (QED) is 0.659. The van der Waals surface area contributed by atoms with Crippen molar-refractivity contribution in [2.75, 3.05) is 39.0 Å². The molecule has 1 heterocycles. The SMILES string of the molecule is CS(=O)(=O)N(CC(=O)O)CC1CN(C(=O)CCC2CCC2)CCO1. The summed E-state index contributed by atoms with van der Waals surface area (Å²) < 4.78 is 29.8. The highest BCUT2D eigenvalue weighted by molar-refractivity contribution is 7.88. The largest absolute Gasteiger partial charge is 0.480 e. The molecule has 0 radical (unpaired) electrons. The van der Waals surface area contributed by atoms with Gasteiger partial charge in [-0.25, -0.2) is 8.42 Å². The maximum atomic E-state index is 12.3. The number of carbonyl (C=O) groups is 2. The number of hydrogen-bond donors (Lipinski definition) is 1. The number of amides is 1. The zero-order valence-electron chi connectivity index (χ0n) is 14.0. The van der Waals surface area contributed by atoms with Crippen LogP contribution in [0.4, 0.5) is 0 Å². The molecule has 0 bridgehead atoms. The molecule has 1 aliphatic carbocycles. The molecule has 0 aromatic rings. The first kappa shape index (κ1) is 19.1. The molecule has 1 amide bonds. The third-order valence-electron chi connectivity index (χ3n) is 4.67. The van der Waals surface area contributed by atoms with Gasteiger partial charge in [-0.3, -0.25) is 9.59 Å². The fourth-order valence-electron chi connectivity index (χ4n) is 3.02. The molecule has 2 rings (SSSR count). The summed E-state index contributed by atoms with van der Waals surface area (Å²) in [5.74, 6) is -0.480. The molecule has 2 fully saturated rings. The number of rotatable bonds is 8. The number of nitrogens with zero attached hydrogens (tertiary/aromatic N) is 2. The van der Waals surface area contributed by atoms with Gasteiger partial charge in [0.25, 0.3) is 0 Å². The molecule has 9 heteroatoms. The zero-order chi connectivity index (χ0) is 17.7. The van der Waals surface area contributed by atoms with E-state index >= 15 is 0 Å². The van der Waals surface area contributed by atoms with Gasteiger partial charge in [-0.05, 0) is 12.3 Å². The predicted octanol–water partition coefficient (Wildman–Crippen LogP) is 0.140. The summed E-state index contributed by atoms with van der Waals surface area (Å²) in [4.78, 5) is 24.8. The van der Waals surface area contributed by atoms with Crippen LogP contribution in [0.15, 0.2) is 0 Å². The Morgan fingerprint density at radius 3 is 2.58 bits per heavy atom. The predicted molar refractivity (Wildman–Crippen MR) is 86.9 cm³/mol. The monoisotopic (exact) mass is 362 g/mol. The Bertz CT molecular complexity index is 560. The maximum absolute atomic E-state index is 12.3.